The summed E-state index contributed by atoms with van der Waals surface area (Å²) in [6.45, 7) is 4.47. The van der Waals surface area contributed by atoms with E-state index in [0.717, 1.165) is 11.8 Å². The van der Waals surface area contributed by atoms with Gasteiger partial charge in [0.05, 0.1) is 5.88 Å². The Morgan fingerprint density at radius 2 is 2.67 bits per heavy atom. The summed E-state index contributed by atoms with van der Waals surface area (Å²) in [7, 11) is 0. The van der Waals surface area contributed by atoms with E-state index in [4.69, 9.17) is 0 Å². The van der Waals surface area contributed by atoms with E-state index in [9.17, 15) is 0 Å². The maximum absolute atomic E-state index is 3.33. The van der Waals surface area contributed by atoms with Gasteiger partial charge >= 0.3 is 0 Å². The van der Waals surface area contributed by atoms with E-state index in [1.807, 2.05) is 11.8 Å². The van der Waals surface area contributed by atoms with Gasteiger partial charge in [0.25, 0.3) is 0 Å². The molecule has 0 spiro atoms. The highest BCUT2D eigenvalue weighted by Gasteiger charge is 2.08. The molecule has 0 aromatic heterocycles. The summed E-state index contributed by atoms with van der Waals surface area (Å²) in [6.07, 6.45) is 1.24. The lowest BCUT2D eigenvalue weighted by Gasteiger charge is -2.09. The highest BCUT2D eigenvalue weighted by atomic mass is 32.2. The first-order valence-electron chi connectivity index (χ1n) is 3.40. The van der Waals surface area contributed by atoms with Crippen LogP contribution in [0, 0.1) is 5.92 Å². The van der Waals surface area contributed by atoms with Crippen molar-refractivity contribution >= 4 is 11.8 Å². The Hall–Kier alpha value is -0.110. The van der Waals surface area contributed by atoms with Crippen molar-refractivity contribution < 1.29 is 0 Å². The maximum Gasteiger partial charge on any atom is 0.0649 e. The summed E-state index contributed by atoms with van der Waals surface area (Å²) >= 11 is 1.85. The van der Waals surface area contributed by atoms with Gasteiger partial charge in [-0.1, -0.05) is 13.8 Å². The molecule has 0 aliphatic carbocycles. The molecule has 0 bridgehead atoms. The summed E-state index contributed by atoms with van der Waals surface area (Å²) in [4.78, 5) is 0. The lowest BCUT2D eigenvalue weighted by atomic mass is 10.1. The molecule has 2 heteroatoms. The minimum Gasteiger partial charge on any atom is -0.378 e. The number of hydrogen-bond acceptors (Lipinski definition) is 2. The van der Waals surface area contributed by atoms with Crippen LogP contribution in [0.5, 0.6) is 0 Å². The van der Waals surface area contributed by atoms with Gasteiger partial charge in [-0.15, -0.1) is 11.8 Å². The standard InChI is InChI=1S/C7H13NS/c1-3-6(2)7-4-9-5-8-7/h4,6,8H,3,5H2,1-2H3. The first-order valence-corrected chi connectivity index (χ1v) is 4.45. The Morgan fingerprint density at radius 3 is 3.11 bits per heavy atom. The largest absolute Gasteiger partial charge is 0.378 e. The highest BCUT2D eigenvalue weighted by molar-refractivity contribution is 8.02. The average Bonchev–Trinajstić information content (AvgIpc) is 2.37. The topological polar surface area (TPSA) is 12.0 Å². The van der Waals surface area contributed by atoms with Crippen molar-refractivity contribution in [2.24, 2.45) is 5.92 Å². The van der Waals surface area contributed by atoms with E-state index in [-0.39, 0.29) is 0 Å². The number of rotatable bonds is 2. The van der Waals surface area contributed by atoms with E-state index in [1.54, 1.807) is 0 Å². The Bertz CT molecular complexity index is 120. The Kier molecular flexibility index (Phi) is 2.46. The second-order valence-corrected chi connectivity index (χ2v) is 3.23. The first kappa shape index (κ1) is 7.00. The molecular formula is C7H13NS. The van der Waals surface area contributed by atoms with Crippen molar-refractivity contribution in [2.45, 2.75) is 20.3 Å². The van der Waals surface area contributed by atoms with Crippen LogP contribution >= 0.6 is 11.8 Å². The smallest absolute Gasteiger partial charge is 0.0649 e. The normalized spacial score (nSPS) is 20.9. The van der Waals surface area contributed by atoms with Crippen LogP contribution in [0.4, 0.5) is 0 Å². The number of nitrogens with one attached hydrogen (secondary N) is 1. The molecule has 1 atom stereocenters. The summed E-state index contributed by atoms with van der Waals surface area (Å²) < 4.78 is 0. The van der Waals surface area contributed by atoms with Crippen LogP contribution in [0.2, 0.25) is 0 Å². The lowest BCUT2D eigenvalue weighted by molar-refractivity contribution is 0.615. The SMILES string of the molecule is CCC(C)C1=CSCN1. The molecule has 1 heterocycles. The molecule has 1 rings (SSSR count). The van der Waals surface area contributed by atoms with Gasteiger partial charge in [-0.05, 0) is 17.7 Å². The molecule has 1 N–H and O–H groups in total. The van der Waals surface area contributed by atoms with Crippen molar-refractivity contribution in [2.75, 3.05) is 5.88 Å². The molecule has 0 radical (unpaired) electrons. The van der Waals surface area contributed by atoms with Gasteiger partial charge in [0, 0.05) is 5.70 Å². The number of thioether (sulfide) groups is 1. The zero-order valence-electron chi connectivity index (χ0n) is 5.98. The molecule has 9 heavy (non-hydrogen) atoms. The molecule has 0 fully saturated rings. The van der Waals surface area contributed by atoms with Crippen LogP contribution in [0.15, 0.2) is 11.1 Å². The van der Waals surface area contributed by atoms with E-state index >= 15 is 0 Å². The molecule has 0 aromatic rings. The molecule has 0 saturated heterocycles. The Morgan fingerprint density at radius 1 is 1.89 bits per heavy atom. The fourth-order valence-corrected chi connectivity index (χ4v) is 1.64. The molecule has 1 unspecified atom stereocenters. The van der Waals surface area contributed by atoms with Gasteiger partial charge in [0.1, 0.15) is 0 Å². The zero-order valence-corrected chi connectivity index (χ0v) is 6.79. The predicted molar refractivity (Wildman–Crippen MR) is 43.1 cm³/mol. The fraction of sp³-hybridized carbons (Fsp3) is 0.714. The molecule has 1 aliphatic rings. The third-order valence-electron chi connectivity index (χ3n) is 1.71. The van der Waals surface area contributed by atoms with Crippen molar-refractivity contribution in [1.29, 1.82) is 0 Å². The quantitative estimate of drug-likeness (QED) is 0.635. The van der Waals surface area contributed by atoms with Crippen molar-refractivity contribution in [1.82, 2.24) is 5.32 Å². The number of allylic oxidation sites excluding steroid dienone is 1. The highest BCUT2D eigenvalue weighted by Crippen LogP contribution is 2.20. The minimum atomic E-state index is 0.722. The van der Waals surface area contributed by atoms with E-state index < -0.39 is 0 Å². The van der Waals surface area contributed by atoms with Crippen LogP contribution < -0.4 is 5.32 Å². The average molecular weight is 143 g/mol. The predicted octanol–water partition coefficient (Wildman–Crippen LogP) is 2.17. The van der Waals surface area contributed by atoms with Gasteiger partial charge in [-0.2, -0.15) is 0 Å². The summed E-state index contributed by atoms with van der Waals surface area (Å²) in [5.41, 5.74) is 1.42. The van der Waals surface area contributed by atoms with Gasteiger partial charge < -0.3 is 5.32 Å². The summed E-state index contributed by atoms with van der Waals surface area (Å²) in [5.74, 6) is 1.79. The summed E-state index contributed by atoms with van der Waals surface area (Å²) in [5, 5.41) is 5.56. The van der Waals surface area contributed by atoms with E-state index in [0.29, 0.717) is 0 Å². The van der Waals surface area contributed by atoms with Crippen LogP contribution in [0.1, 0.15) is 20.3 Å². The van der Waals surface area contributed by atoms with Crippen LogP contribution in [-0.2, 0) is 0 Å². The Labute approximate surface area is 60.9 Å². The van der Waals surface area contributed by atoms with Gasteiger partial charge in [0.15, 0.2) is 0 Å². The van der Waals surface area contributed by atoms with Gasteiger partial charge in [-0.25, -0.2) is 0 Å². The molecular weight excluding hydrogens is 130 g/mol. The molecule has 1 nitrogen and oxygen atoms in total. The summed E-state index contributed by atoms with van der Waals surface area (Å²) in [6, 6.07) is 0. The van der Waals surface area contributed by atoms with Crippen LogP contribution in [0.25, 0.3) is 0 Å². The zero-order chi connectivity index (χ0) is 6.69. The first-order chi connectivity index (χ1) is 4.34. The fourth-order valence-electron chi connectivity index (χ4n) is 0.808. The second-order valence-electron chi connectivity index (χ2n) is 2.37. The molecule has 0 aromatic carbocycles. The van der Waals surface area contributed by atoms with Gasteiger partial charge in [0.2, 0.25) is 0 Å². The third kappa shape index (κ3) is 1.65. The molecule has 1 aliphatic heterocycles. The van der Waals surface area contributed by atoms with Gasteiger partial charge in [-0.3, -0.25) is 0 Å². The van der Waals surface area contributed by atoms with Crippen molar-refractivity contribution in [3.05, 3.63) is 11.1 Å². The molecule has 0 amide bonds. The Balaban J connectivity index is 2.40. The lowest BCUT2D eigenvalue weighted by Crippen LogP contribution is -2.12. The maximum atomic E-state index is 3.33. The second kappa shape index (κ2) is 3.16. The van der Waals surface area contributed by atoms with E-state index in [2.05, 4.69) is 24.6 Å². The van der Waals surface area contributed by atoms with Crippen molar-refractivity contribution in [3.63, 3.8) is 0 Å². The monoisotopic (exact) mass is 143 g/mol. The van der Waals surface area contributed by atoms with Crippen LogP contribution in [0.3, 0.4) is 0 Å². The van der Waals surface area contributed by atoms with E-state index in [1.165, 1.54) is 12.1 Å². The van der Waals surface area contributed by atoms with Crippen molar-refractivity contribution in [3.8, 4) is 0 Å². The van der Waals surface area contributed by atoms with Crippen LogP contribution in [-0.4, -0.2) is 5.88 Å². The third-order valence-corrected chi connectivity index (χ3v) is 2.44. The molecule has 0 saturated carbocycles. The number of hydrogen-bond donors (Lipinski definition) is 1. The minimum absolute atomic E-state index is 0.722. The molecule has 52 valence electrons.